The Hall–Kier alpha value is -2.51. The number of carbonyl (C=O) groups excluding carboxylic acids is 1. The molecule has 0 aliphatic heterocycles. The fourth-order valence-electron chi connectivity index (χ4n) is 2.57. The molecule has 29 heavy (non-hydrogen) atoms. The van der Waals surface area contributed by atoms with E-state index in [0.29, 0.717) is 17.9 Å². The molecule has 1 heterocycles. The summed E-state index contributed by atoms with van der Waals surface area (Å²) in [4.78, 5) is 16.4. The number of benzene rings is 2. The van der Waals surface area contributed by atoms with E-state index in [1.807, 2.05) is 50.2 Å². The van der Waals surface area contributed by atoms with Gasteiger partial charge >= 0.3 is 0 Å². The molecule has 5 nitrogen and oxygen atoms in total. The fraction of sp³-hybridized carbons (Fsp3) is 0.136. The second kappa shape index (κ2) is 9.80. The third-order valence-corrected chi connectivity index (χ3v) is 5.32. The van der Waals surface area contributed by atoms with E-state index in [2.05, 4.69) is 47.4 Å². The Morgan fingerprint density at radius 3 is 2.41 bits per heavy atom. The highest BCUT2D eigenvalue weighted by molar-refractivity contribution is 9.11. The molecule has 0 unspecified atom stereocenters. The van der Waals surface area contributed by atoms with Gasteiger partial charge in [0.1, 0.15) is 12.4 Å². The number of hydrogen-bond donors (Lipinski definition) is 1. The lowest BCUT2D eigenvalue weighted by molar-refractivity contribution is 0.0955. The van der Waals surface area contributed by atoms with Crippen LogP contribution in [0.1, 0.15) is 34.0 Å². The number of amides is 1. The summed E-state index contributed by atoms with van der Waals surface area (Å²) >= 11 is 7.05. The highest BCUT2D eigenvalue weighted by Crippen LogP contribution is 2.35. The maximum Gasteiger partial charge on any atom is 0.271 e. The van der Waals surface area contributed by atoms with Crippen LogP contribution in [-0.4, -0.2) is 16.6 Å². The number of carbonyl (C=O) groups is 1. The van der Waals surface area contributed by atoms with E-state index in [0.717, 1.165) is 31.4 Å². The number of ether oxygens (including phenoxy) is 1. The molecule has 0 aliphatic rings. The summed E-state index contributed by atoms with van der Waals surface area (Å²) in [5.41, 5.74) is 6.72. The monoisotopic (exact) mass is 515 g/mol. The molecular weight excluding hydrogens is 498 g/mol. The van der Waals surface area contributed by atoms with Gasteiger partial charge in [-0.25, -0.2) is 5.43 Å². The summed E-state index contributed by atoms with van der Waals surface area (Å²) in [6.07, 6.45) is 3.39. The van der Waals surface area contributed by atoms with Crippen molar-refractivity contribution in [2.45, 2.75) is 20.5 Å². The summed E-state index contributed by atoms with van der Waals surface area (Å²) in [6.45, 7) is 4.23. The molecule has 1 amide bonds. The zero-order valence-electron chi connectivity index (χ0n) is 15.9. The lowest BCUT2D eigenvalue weighted by atomic mass is 10.1. The molecule has 1 N–H and O–H groups in total. The van der Waals surface area contributed by atoms with Gasteiger partial charge in [0, 0.05) is 23.5 Å². The van der Waals surface area contributed by atoms with E-state index < -0.39 is 0 Å². The van der Waals surface area contributed by atoms with Crippen LogP contribution in [-0.2, 0) is 6.61 Å². The zero-order chi connectivity index (χ0) is 20.8. The third kappa shape index (κ3) is 5.74. The van der Waals surface area contributed by atoms with Crippen LogP contribution in [0.15, 0.2) is 75.0 Å². The molecule has 0 saturated heterocycles. The van der Waals surface area contributed by atoms with Crippen molar-refractivity contribution in [2.75, 3.05) is 0 Å². The van der Waals surface area contributed by atoms with Crippen LogP contribution in [0.2, 0.25) is 0 Å². The molecule has 7 heteroatoms. The van der Waals surface area contributed by atoms with Gasteiger partial charge in [-0.2, -0.15) is 5.10 Å². The van der Waals surface area contributed by atoms with Gasteiger partial charge < -0.3 is 4.74 Å². The fourth-order valence-corrected chi connectivity index (χ4v) is 4.22. The first-order valence-electron chi connectivity index (χ1n) is 8.86. The van der Waals surface area contributed by atoms with Crippen molar-refractivity contribution in [3.8, 4) is 5.75 Å². The number of rotatable bonds is 6. The molecular formula is C22H19Br2N3O2. The number of nitrogens with zero attached hydrogens (tertiary/aromatic N) is 2. The van der Waals surface area contributed by atoms with E-state index in [1.165, 1.54) is 0 Å². The molecule has 0 fully saturated rings. The van der Waals surface area contributed by atoms with Crippen molar-refractivity contribution in [1.82, 2.24) is 10.4 Å². The first-order chi connectivity index (χ1) is 13.9. The Kier molecular flexibility index (Phi) is 7.17. The standard InChI is InChI=1S/C22H19Br2N3O2/c1-14-10-19(23)21(20(24)11-14)29-13-16-5-7-17(8-6-16)22(28)27-26-15(2)18-4-3-9-25-12-18/h3-12H,13H2,1-2H3,(H,27,28)/b26-15-. The Bertz CT molecular complexity index is 1010. The van der Waals surface area contributed by atoms with E-state index in [-0.39, 0.29) is 5.91 Å². The van der Waals surface area contributed by atoms with Gasteiger partial charge in [0.2, 0.25) is 0 Å². The number of nitrogens with one attached hydrogen (secondary N) is 1. The van der Waals surface area contributed by atoms with Gasteiger partial charge in [0.25, 0.3) is 5.91 Å². The predicted octanol–water partition coefficient (Wildman–Crippen LogP) is 5.65. The van der Waals surface area contributed by atoms with Crippen LogP contribution >= 0.6 is 31.9 Å². The Morgan fingerprint density at radius 2 is 1.79 bits per heavy atom. The highest BCUT2D eigenvalue weighted by atomic mass is 79.9. The van der Waals surface area contributed by atoms with Gasteiger partial charge in [-0.05, 0) is 87.2 Å². The number of hydrogen-bond acceptors (Lipinski definition) is 4. The van der Waals surface area contributed by atoms with E-state index >= 15 is 0 Å². The molecule has 3 aromatic rings. The summed E-state index contributed by atoms with van der Waals surface area (Å²) in [6, 6.07) is 14.9. The third-order valence-electron chi connectivity index (χ3n) is 4.15. The van der Waals surface area contributed by atoms with Gasteiger partial charge in [0.05, 0.1) is 14.7 Å². The van der Waals surface area contributed by atoms with Crippen molar-refractivity contribution in [2.24, 2.45) is 5.10 Å². The van der Waals surface area contributed by atoms with Crippen molar-refractivity contribution >= 4 is 43.5 Å². The van der Waals surface area contributed by atoms with Gasteiger partial charge in [-0.3, -0.25) is 9.78 Å². The largest absolute Gasteiger partial charge is 0.487 e. The van der Waals surface area contributed by atoms with Crippen molar-refractivity contribution in [3.63, 3.8) is 0 Å². The van der Waals surface area contributed by atoms with Crippen molar-refractivity contribution < 1.29 is 9.53 Å². The Balaban J connectivity index is 1.60. The maximum absolute atomic E-state index is 12.3. The number of halogens is 2. The Morgan fingerprint density at radius 1 is 1.10 bits per heavy atom. The zero-order valence-corrected chi connectivity index (χ0v) is 19.1. The summed E-state index contributed by atoms with van der Waals surface area (Å²) in [7, 11) is 0. The van der Waals surface area contributed by atoms with Gasteiger partial charge in [-0.1, -0.05) is 18.2 Å². The molecule has 0 atom stereocenters. The number of aryl methyl sites for hydroxylation is 1. The molecule has 2 aromatic carbocycles. The molecule has 0 spiro atoms. The quantitative estimate of drug-likeness (QED) is 0.340. The van der Waals surface area contributed by atoms with Crippen LogP contribution < -0.4 is 10.2 Å². The first-order valence-corrected chi connectivity index (χ1v) is 10.4. The van der Waals surface area contributed by atoms with Crippen molar-refractivity contribution in [3.05, 3.63) is 92.1 Å². The second-order valence-electron chi connectivity index (χ2n) is 6.42. The average Bonchev–Trinajstić information content (AvgIpc) is 2.72. The average molecular weight is 517 g/mol. The lowest BCUT2D eigenvalue weighted by Gasteiger charge is -2.11. The normalized spacial score (nSPS) is 11.2. The Labute approximate surface area is 186 Å². The van der Waals surface area contributed by atoms with E-state index in [9.17, 15) is 4.79 Å². The molecule has 0 bridgehead atoms. The van der Waals surface area contributed by atoms with Crippen LogP contribution in [0, 0.1) is 6.92 Å². The van der Waals surface area contributed by atoms with E-state index in [1.54, 1.807) is 24.5 Å². The number of aromatic nitrogens is 1. The topological polar surface area (TPSA) is 63.6 Å². The van der Waals surface area contributed by atoms with Crippen LogP contribution in [0.4, 0.5) is 0 Å². The van der Waals surface area contributed by atoms with Crippen LogP contribution in [0.25, 0.3) is 0 Å². The van der Waals surface area contributed by atoms with E-state index in [4.69, 9.17) is 4.74 Å². The van der Waals surface area contributed by atoms with Crippen molar-refractivity contribution in [1.29, 1.82) is 0 Å². The molecule has 0 saturated carbocycles. The van der Waals surface area contributed by atoms with Gasteiger partial charge in [-0.15, -0.1) is 0 Å². The number of pyridine rings is 1. The predicted molar refractivity (Wildman–Crippen MR) is 121 cm³/mol. The molecule has 0 radical (unpaired) electrons. The molecule has 0 aliphatic carbocycles. The SMILES string of the molecule is C/C(=N/NC(=O)c1ccc(COc2c(Br)cc(C)cc2Br)cc1)c1cccnc1. The first kappa shape index (κ1) is 21.2. The highest BCUT2D eigenvalue weighted by Gasteiger charge is 2.09. The minimum atomic E-state index is -0.273. The molecule has 3 rings (SSSR count). The summed E-state index contributed by atoms with van der Waals surface area (Å²) in [5, 5.41) is 4.14. The lowest BCUT2D eigenvalue weighted by Crippen LogP contribution is -2.19. The molecule has 1 aromatic heterocycles. The molecule has 148 valence electrons. The van der Waals surface area contributed by atoms with Crippen LogP contribution in [0.5, 0.6) is 5.75 Å². The smallest absolute Gasteiger partial charge is 0.271 e. The maximum atomic E-state index is 12.3. The minimum absolute atomic E-state index is 0.273. The van der Waals surface area contributed by atoms with Crippen LogP contribution in [0.3, 0.4) is 0 Å². The minimum Gasteiger partial charge on any atom is -0.487 e. The van der Waals surface area contributed by atoms with Gasteiger partial charge in [0.15, 0.2) is 0 Å². The number of hydrazone groups is 1. The summed E-state index contributed by atoms with van der Waals surface area (Å²) in [5.74, 6) is 0.474. The summed E-state index contributed by atoms with van der Waals surface area (Å²) < 4.78 is 7.70. The second-order valence-corrected chi connectivity index (χ2v) is 8.13.